The summed E-state index contributed by atoms with van der Waals surface area (Å²) in [7, 11) is 0. The molecule has 0 aromatic rings. The maximum atomic E-state index is 14.4. The summed E-state index contributed by atoms with van der Waals surface area (Å²) in [4.78, 5) is 0. The zero-order valence-electron chi connectivity index (χ0n) is 18.2. The van der Waals surface area contributed by atoms with Gasteiger partial charge in [0, 0.05) is 6.42 Å². The van der Waals surface area contributed by atoms with Crippen molar-refractivity contribution in [3.05, 3.63) is 12.2 Å². The first-order valence-corrected chi connectivity index (χ1v) is 12.1. The quantitative estimate of drug-likeness (QED) is 0.396. The van der Waals surface area contributed by atoms with E-state index in [0.717, 1.165) is 56.3 Å². The Morgan fingerprint density at radius 1 is 0.786 bits per heavy atom. The second-order valence-corrected chi connectivity index (χ2v) is 10.3. The molecule has 3 rings (SSSR count). The Morgan fingerprint density at radius 2 is 1.32 bits per heavy atom. The summed E-state index contributed by atoms with van der Waals surface area (Å²) in [5.41, 5.74) is 0. The molecule has 3 aliphatic carbocycles. The smallest absolute Gasteiger partial charge is 0.320 e. The van der Waals surface area contributed by atoms with E-state index in [0.29, 0.717) is 11.8 Å². The second kappa shape index (κ2) is 10.5. The van der Waals surface area contributed by atoms with Crippen LogP contribution in [0.1, 0.15) is 97.3 Å². The van der Waals surface area contributed by atoms with Crippen molar-refractivity contribution in [1.82, 2.24) is 0 Å². The third-order valence-electron chi connectivity index (χ3n) is 8.03. The van der Waals surface area contributed by atoms with Gasteiger partial charge in [0.25, 0.3) is 0 Å². The third kappa shape index (κ3) is 6.82. The Morgan fingerprint density at radius 3 is 1.89 bits per heavy atom. The summed E-state index contributed by atoms with van der Waals surface area (Å²) >= 11 is 0. The Labute approximate surface area is 171 Å². The Balaban J connectivity index is 1.33. The lowest BCUT2D eigenvalue weighted by atomic mass is 9.69. The van der Waals surface area contributed by atoms with E-state index in [9.17, 15) is 8.78 Å². The molecule has 1 nitrogen and oxygen atoms in total. The van der Waals surface area contributed by atoms with Gasteiger partial charge in [-0.3, -0.25) is 0 Å². The Bertz CT molecular complexity index is 465. The van der Waals surface area contributed by atoms with Gasteiger partial charge >= 0.3 is 6.11 Å². The van der Waals surface area contributed by atoms with Crippen LogP contribution in [0, 0.1) is 35.5 Å². The number of ether oxygens (including phenoxy) is 1. The van der Waals surface area contributed by atoms with Crippen molar-refractivity contribution < 1.29 is 13.5 Å². The highest BCUT2D eigenvalue weighted by Gasteiger charge is 2.37. The molecule has 3 heteroatoms. The molecule has 162 valence electrons. The molecular weight excluding hydrogens is 354 g/mol. The fourth-order valence-corrected chi connectivity index (χ4v) is 6.08. The number of hydrogen-bond acceptors (Lipinski definition) is 1. The number of halogens is 2. The van der Waals surface area contributed by atoms with E-state index in [2.05, 4.69) is 19.1 Å². The van der Waals surface area contributed by atoms with Gasteiger partial charge < -0.3 is 4.74 Å². The van der Waals surface area contributed by atoms with Crippen LogP contribution < -0.4 is 0 Å². The largest absolute Gasteiger partial charge is 0.356 e. The number of alkyl halides is 2. The highest BCUT2D eigenvalue weighted by atomic mass is 19.3. The number of rotatable bonds is 7. The van der Waals surface area contributed by atoms with Crippen molar-refractivity contribution in [2.75, 3.05) is 6.61 Å². The van der Waals surface area contributed by atoms with E-state index >= 15 is 0 Å². The minimum atomic E-state index is -2.94. The van der Waals surface area contributed by atoms with Gasteiger partial charge in [0.2, 0.25) is 0 Å². The molecule has 0 N–H and O–H groups in total. The van der Waals surface area contributed by atoms with Gasteiger partial charge in [-0.2, -0.15) is 8.78 Å². The number of allylic oxidation sites excluding steroid dienone is 2. The molecule has 3 saturated carbocycles. The summed E-state index contributed by atoms with van der Waals surface area (Å²) in [5.74, 6) is 3.71. The molecule has 0 radical (unpaired) electrons. The molecule has 0 saturated heterocycles. The van der Waals surface area contributed by atoms with Crippen LogP contribution in [0.5, 0.6) is 0 Å². The predicted molar refractivity (Wildman–Crippen MR) is 112 cm³/mol. The molecule has 0 aliphatic heterocycles. The SMILES string of the molecule is C/C=C/C1CCC(CC(F)(F)OCC2CCC(C3CCC(C)CC3)CC2)CC1. The maximum absolute atomic E-state index is 14.4. The first kappa shape index (κ1) is 22.2. The fraction of sp³-hybridized carbons (Fsp3) is 0.920. The summed E-state index contributed by atoms with van der Waals surface area (Å²) in [6.45, 7) is 4.67. The van der Waals surface area contributed by atoms with Gasteiger partial charge in [-0.1, -0.05) is 31.9 Å². The van der Waals surface area contributed by atoms with Crippen molar-refractivity contribution in [2.45, 2.75) is 103 Å². The second-order valence-electron chi connectivity index (χ2n) is 10.3. The minimum Gasteiger partial charge on any atom is -0.320 e. The van der Waals surface area contributed by atoms with Crippen LogP contribution in [0.2, 0.25) is 0 Å². The molecule has 0 aromatic carbocycles. The molecule has 0 unspecified atom stereocenters. The van der Waals surface area contributed by atoms with E-state index in [-0.39, 0.29) is 18.9 Å². The maximum Gasteiger partial charge on any atom is 0.356 e. The molecule has 28 heavy (non-hydrogen) atoms. The molecule has 3 aliphatic rings. The summed E-state index contributed by atoms with van der Waals surface area (Å²) in [5, 5.41) is 0. The molecule has 0 bridgehead atoms. The van der Waals surface area contributed by atoms with Gasteiger partial charge in [-0.25, -0.2) is 0 Å². The van der Waals surface area contributed by atoms with Crippen LogP contribution in [0.4, 0.5) is 8.78 Å². The Kier molecular flexibility index (Phi) is 8.38. The lowest BCUT2D eigenvalue weighted by Crippen LogP contribution is -2.31. The zero-order valence-corrected chi connectivity index (χ0v) is 18.2. The molecule has 0 amide bonds. The van der Waals surface area contributed by atoms with Crippen molar-refractivity contribution in [3.63, 3.8) is 0 Å². The van der Waals surface area contributed by atoms with Crippen LogP contribution >= 0.6 is 0 Å². The predicted octanol–water partition coefficient (Wildman–Crippen LogP) is 8.00. The lowest BCUT2D eigenvalue weighted by Gasteiger charge is -2.37. The Hall–Kier alpha value is -0.440. The lowest BCUT2D eigenvalue weighted by molar-refractivity contribution is -0.256. The minimum absolute atomic E-state index is 0.0782. The first-order valence-electron chi connectivity index (χ1n) is 12.1. The standard InChI is InChI=1S/C25H42F2O/c1-3-4-20-7-9-21(10-8-20)17-25(26,27)28-18-22-11-15-24(16-12-22)23-13-5-19(2)6-14-23/h3-4,19-24H,5-18H2,1-2H3/b4-3+. The third-order valence-corrected chi connectivity index (χ3v) is 8.03. The van der Waals surface area contributed by atoms with E-state index in [4.69, 9.17) is 4.74 Å². The fourth-order valence-electron chi connectivity index (χ4n) is 6.08. The zero-order chi connectivity index (χ0) is 20.0. The van der Waals surface area contributed by atoms with Crippen molar-refractivity contribution in [2.24, 2.45) is 35.5 Å². The van der Waals surface area contributed by atoms with Gasteiger partial charge in [-0.15, -0.1) is 0 Å². The van der Waals surface area contributed by atoms with Crippen LogP contribution in [0.15, 0.2) is 12.2 Å². The van der Waals surface area contributed by atoms with Crippen LogP contribution in [-0.4, -0.2) is 12.7 Å². The van der Waals surface area contributed by atoms with E-state index < -0.39 is 6.11 Å². The monoisotopic (exact) mass is 396 g/mol. The topological polar surface area (TPSA) is 9.23 Å². The molecule has 3 fully saturated rings. The van der Waals surface area contributed by atoms with E-state index in [1.165, 1.54) is 38.5 Å². The van der Waals surface area contributed by atoms with Crippen LogP contribution in [-0.2, 0) is 4.74 Å². The molecule has 0 atom stereocenters. The van der Waals surface area contributed by atoms with Gasteiger partial charge in [0.15, 0.2) is 0 Å². The van der Waals surface area contributed by atoms with Crippen molar-refractivity contribution >= 4 is 0 Å². The average molecular weight is 397 g/mol. The van der Waals surface area contributed by atoms with Crippen molar-refractivity contribution in [1.29, 1.82) is 0 Å². The van der Waals surface area contributed by atoms with Gasteiger partial charge in [-0.05, 0) is 107 Å². The highest BCUT2D eigenvalue weighted by molar-refractivity contribution is 4.89. The molecule has 0 aromatic heterocycles. The normalized spacial score (nSPS) is 38.0. The number of hydrogen-bond donors (Lipinski definition) is 0. The van der Waals surface area contributed by atoms with Gasteiger partial charge in [0.05, 0.1) is 6.61 Å². The first-order chi connectivity index (χ1) is 13.4. The average Bonchev–Trinajstić information content (AvgIpc) is 2.69. The highest BCUT2D eigenvalue weighted by Crippen LogP contribution is 2.42. The van der Waals surface area contributed by atoms with Gasteiger partial charge in [0.1, 0.15) is 0 Å². The molecule has 0 heterocycles. The summed E-state index contributed by atoms with van der Waals surface area (Å²) < 4.78 is 33.9. The van der Waals surface area contributed by atoms with Crippen LogP contribution in [0.25, 0.3) is 0 Å². The summed E-state index contributed by atoms with van der Waals surface area (Å²) in [6, 6.07) is 0. The van der Waals surface area contributed by atoms with E-state index in [1.807, 2.05) is 6.92 Å². The van der Waals surface area contributed by atoms with Crippen LogP contribution in [0.3, 0.4) is 0 Å². The molecular formula is C25H42F2O. The van der Waals surface area contributed by atoms with E-state index in [1.54, 1.807) is 0 Å². The molecule has 0 spiro atoms. The van der Waals surface area contributed by atoms with Crippen molar-refractivity contribution in [3.8, 4) is 0 Å². The summed E-state index contributed by atoms with van der Waals surface area (Å²) in [6.07, 6.45) is 15.4.